The van der Waals surface area contributed by atoms with E-state index >= 15 is 0 Å². The summed E-state index contributed by atoms with van der Waals surface area (Å²) in [6.07, 6.45) is 3.29. The molecule has 3 rings (SSSR count). The molecule has 0 amide bonds. The molecule has 21 heavy (non-hydrogen) atoms. The van der Waals surface area contributed by atoms with Gasteiger partial charge in [0.1, 0.15) is 23.7 Å². The van der Waals surface area contributed by atoms with Crippen LogP contribution in [-0.2, 0) is 0 Å². The van der Waals surface area contributed by atoms with Gasteiger partial charge in [0.2, 0.25) is 0 Å². The number of halogens is 1. The van der Waals surface area contributed by atoms with Crippen LogP contribution in [-0.4, -0.2) is 33.2 Å². The molecule has 1 aromatic heterocycles. The molecule has 1 fully saturated rings. The topological polar surface area (TPSA) is 87.9 Å². The van der Waals surface area contributed by atoms with E-state index in [4.69, 9.17) is 0 Å². The average molecular weight is 291 g/mol. The molecule has 0 saturated carbocycles. The summed E-state index contributed by atoms with van der Waals surface area (Å²) in [4.78, 5) is 16.6. The van der Waals surface area contributed by atoms with Crippen LogP contribution in [0.4, 0.5) is 15.8 Å². The third kappa shape index (κ3) is 2.69. The second-order valence-corrected chi connectivity index (χ2v) is 5.05. The molecule has 2 aromatic rings. The second-order valence-electron chi connectivity index (χ2n) is 5.05. The van der Waals surface area contributed by atoms with Gasteiger partial charge in [0.05, 0.1) is 11.0 Å². The predicted octanol–water partition coefficient (Wildman–Crippen LogP) is 2.24. The maximum atomic E-state index is 13.2. The molecule has 110 valence electrons. The Kier molecular flexibility index (Phi) is 3.51. The van der Waals surface area contributed by atoms with Crippen molar-refractivity contribution in [2.45, 2.75) is 18.8 Å². The van der Waals surface area contributed by atoms with Gasteiger partial charge in [-0.3, -0.25) is 15.2 Å². The number of nitrogens with one attached hydrogen (secondary N) is 1. The Hall–Kier alpha value is -2.51. The van der Waals surface area contributed by atoms with Gasteiger partial charge in [-0.1, -0.05) is 0 Å². The summed E-state index contributed by atoms with van der Waals surface area (Å²) in [5.41, 5.74) is 0.249. The van der Waals surface area contributed by atoms with Crippen LogP contribution in [0.2, 0.25) is 0 Å². The fraction of sp³-hybridized carbons (Fsp3) is 0.385. The summed E-state index contributed by atoms with van der Waals surface area (Å²) in [5, 5.41) is 17.8. The largest absolute Gasteiger partial charge is 0.365 e. The van der Waals surface area contributed by atoms with Crippen LogP contribution >= 0.6 is 0 Å². The summed E-state index contributed by atoms with van der Waals surface area (Å²) in [6, 6.07) is 3.68. The number of hydrogen-bond donors (Lipinski definition) is 1. The standard InChI is InChI=1S/C13H14FN5O2/c14-10-3-4-11(12(6-10)19(20)21)18-5-1-2-9(7-18)13-15-8-16-17-13/h3-4,6,8-9H,1-2,5,7H2,(H,15,16,17)/t9-/m0/s1. The van der Waals surface area contributed by atoms with Crippen LogP contribution in [0.1, 0.15) is 24.6 Å². The van der Waals surface area contributed by atoms with E-state index in [1.165, 1.54) is 18.5 Å². The molecule has 1 N–H and O–H groups in total. The number of benzene rings is 1. The summed E-state index contributed by atoms with van der Waals surface area (Å²) in [5.74, 6) is 0.324. The highest BCUT2D eigenvalue weighted by Crippen LogP contribution is 2.34. The van der Waals surface area contributed by atoms with Crippen molar-refractivity contribution >= 4 is 11.4 Å². The number of aromatic nitrogens is 3. The number of aromatic amines is 1. The second kappa shape index (κ2) is 5.47. The number of nitro benzene ring substituents is 1. The molecular formula is C13H14FN5O2. The first-order valence-corrected chi connectivity index (χ1v) is 6.69. The number of rotatable bonds is 3. The van der Waals surface area contributed by atoms with Crippen LogP contribution in [0.25, 0.3) is 0 Å². The number of nitrogens with zero attached hydrogens (tertiary/aromatic N) is 4. The summed E-state index contributed by atoms with van der Waals surface area (Å²) >= 11 is 0. The summed E-state index contributed by atoms with van der Waals surface area (Å²) in [6.45, 7) is 1.30. The fourth-order valence-electron chi connectivity index (χ4n) is 2.74. The zero-order chi connectivity index (χ0) is 14.8. The Morgan fingerprint density at radius 2 is 2.33 bits per heavy atom. The van der Waals surface area contributed by atoms with Gasteiger partial charge in [-0.2, -0.15) is 5.10 Å². The maximum absolute atomic E-state index is 13.2. The number of hydrogen-bond acceptors (Lipinski definition) is 5. The first kappa shape index (κ1) is 13.5. The van der Waals surface area contributed by atoms with Crippen LogP contribution in [0, 0.1) is 15.9 Å². The van der Waals surface area contributed by atoms with Crippen LogP contribution in [0.15, 0.2) is 24.5 Å². The van der Waals surface area contributed by atoms with E-state index < -0.39 is 10.7 Å². The van der Waals surface area contributed by atoms with Gasteiger partial charge in [-0.25, -0.2) is 9.37 Å². The van der Waals surface area contributed by atoms with Crippen molar-refractivity contribution in [2.24, 2.45) is 0 Å². The van der Waals surface area contributed by atoms with Crippen molar-refractivity contribution in [1.82, 2.24) is 15.2 Å². The molecule has 7 nitrogen and oxygen atoms in total. The normalized spacial score (nSPS) is 18.7. The van der Waals surface area contributed by atoms with E-state index in [1.54, 1.807) is 0 Å². The number of nitro groups is 1. The molecule has 1 atom stereocenters. The highest BCUT2D eigenvalue weighted by atomic mass is 19.1. The Morgan fingerprint density at radius 1 is 1.48 bits per heavy atom. The van der Waals surface area contributed by atoms with Gasteiger partial charge in [0.25, 0.3) is 5.69 Å². The zero-order valence-corrected chi connectivity index (χ0v) is 11.2. The Labute approximate surface area is 120 Å². The van der Waals surface area contributed by atoms with Gasteiger partial charge in [-0.05, 0) is 25.0 Å². The lowest BCUT2D eigenvalue weighted by Gasteiger charge is -2.33. The van der Waals surface area contributed by atoms with E-state index in [1.807, 2.05) is 4.90 Å². The SMILES string of the molecule is O=[N+]([O-])c1cc(F)ccc1N1CCC[C@H](c2ncn[nH]2)C1. The smallest absolute Gasteiger partial charge is 0.295 e. The average Bonchev–Trinajstić information content (AvgIpc) is 3.01. The minimum absolute atomic E-state index is 0.144. The van der Waals surface area contributed by atoms with Crippen molar-refractivity contribution in [3.05, 3.63) is 46.3 Å². The quantitative estimate of drug-likeness (QED) is 0.692. The molecular weight excluding hydrogens is 277 g/mol. The van der Waals surface area contributed by atoms with E-state index in [0.717, 1.165) is 24.7 Å². The van der Waals surface area contributed by atoms with Crippen molar-refractivity contribution in [2.75, 3.05) is 18.0 Å². The van der Waals surface area contributed by atoms with E-state index in [-0.39, 0.29) is 11.6 Å². The number of piperidine rings is 1. The monoisotopic (exact) mass is 291 g/mol. The molecule has 1 aromatic carbocycles. The maximum Gasteiger partial charge on any atom is 0.295 e. The molecule has 2 heterocycles. The molecule has 0 spiro atoms. The van der Waals surface area contributed by atoms with E-state index in [2.05, 4.69) is 15.2 Å². The Bertz CT molecular complexity index is 646. The van der Waals surface area contributed by atoms with E-state index in [0.29, 0.717) is 18.8 Å². The van der Waals surface area contributed by atoms with E-state index in [9.17, 15) is 14.5 Å². The molecule has 0 bridgehead atoms. The van der Waals surface area contributed by atoms with Crippen molar-refractivity contribution in [1.29, 1.82) is 0 Å². The van der Waals surface area contributed by atoms with Crippen molar-refractivity contribution < 1.29 is 9.31 Å². The van der Waals surface area contributed by atoms with Gasteiger partial charge >= 0.3 is 0 Å². The fourth-order valence-corrected chi connectivity index (χ4v) is 2.74. The third-order valence-corrected chi connectivity index (χ3v) is 3.72. The Morgan fingerprint density at radius 3 is 3.05 bits per heavy atom. The summed E-state index contributed by atoms with van der Waals surface area (Å²) in [7, 11) is 0. The number of H-pyrrole nitrogens is 1. The highest BCUT2D eigenvalue weighted by Gasteiger charge is 2.27. The molecule has 0 unspecified atom stereocenters. The minimum atomic E-state index is -0.603. The lowest BCUT2D eigenvalue weighted by molar-refractivity contribution is -0.384. The Balaban J connectivity index is 1.88. The molecule has 8 heteroatoms. The first-order valence-electron chi connectivity index (χ1n) is 6.69. The van der Waals surface area contributed by atoms with Crippen LogP contribution in [0.3, 0.4) is 0 Å². The van der Waals surface area contributed by atoms with Crippen molar-refractivity contribution in [3.8, 4) is 0 Å². The van der Waals surface area contributed by atoms with Gasteiger partial charge in [0, 0.05) is 19.0 Å². The summed E-state index contributed by atoms with van der Waals surface area (Å²) < 4.78 is 13.2. The van der Waals surface area contributed by atoms with Crippen LogP contribution < -0.4 is 4.90 Å². The lowest BCUT2D eigenvalue weighted by atomic mass is 9.96. The lowest BCUT2D eigenvalue weighted by Crippen LogP contribution is -2.35. The predicted molar refractivity (Wildman–Crippen MR) is 73.6 cm³/mol. The molecule has 0 aliphatic carbocycles. The molecule has 1 saturated heterocycles. The minimum Gasteiger partial charge on any atom is -0.365 e. The van der Waals surface area contributed by atoms with Crippen molar-refractivity contribution in [3.63, 3.8) is 0 Å². The van der Waals surface area contributed by atoms with Crippen LogP contribution in [0.5, 0.6) is 0 Å². The third-order valence-electron chi connectivity index (χ3n) is 3.72. The molecule has 0 radical (unpaired) electrons. The zero-order valence-electron chi connectivity index (χ0n) is 11.2. The van der Waals surface area contributed by atoms with Gasteiger partial charge < -0.3 is 4.90 Å². The van der Waals surface area contributed by atoms with Gasteiger partial charge in [0.15, 0.2) is 0 Å². The molecule has 1 aliphatic heterocycles. The highest BCUT2D eigenvalue weighted by molar-refractivity contribution is 5.63. The molecule has 1 aliphatic rings. The van der Waals surface area contributed by atoms with Gasteiger partial charge in [-0.15, -0.1) is 0 Å². The first-order chi connectivity index (χ1) is 10.1. The number of anilines is 1.